The first-order valence-electron chi connectivity index (χ1n) is 8.09. The van der Waals surface area contributed by atoms with Gasteiger partial charge in [0.05, 0.1) is 23.9 Å². The highest BCUT2D eigenvalue weighted by Gasteiger charge is 2.22. The van der Waals surface area contributed by atoms with Crippen LogP contribution in [-0.4, -0.2) is 26.9 Å². The number of aromatic hydroxyl groups is 1. The lowest BCUT2D eigenvalue weighted by atomic mass is 10.1. The van der Waals surface area contributed by atoms with E-state index >= 15 is 0 Å². The molecule has 1 unspecified atom stereocenters. The molecule has 0 bridgehead atoms. The third-order valence-electron chi connectivity index (χ3n) is 4.15. The van der Waals surface area contributed by atoms with Crippen LogP contribution in [-0.2, 0) is 17.9 Å². The number of ether oxygens (including phenoxy) is 1. The molecular weight excluding hydrogens is 352 g/mol. The number of nitriles is 1. The van der Waals surface area contributed by atoms with E-state index in [0.29, 0.717) is 11.3 Å². The molecular formula is C18H16N4O5. The molecule has 1 aliphatic rings. The number of aromatic nitrogens is 1. The molecule has 1 aliphatic heterocycles. The van der Waals surface area contributed by atoms with Crippen molar-refractivity contribution in [3.05, 3.63) is 50.8 Å². The predicted octanol–water partition coefficient (Wildman–Crippen LogP) is 2.20. The summed E-state index contributed by atoms with van der Waals surface area (Å²) in [6.07, 6.45) is -0.921. The van der Waals surface area contributed by atoms with Crippen LogP contribution < -0.4 is 5.56 Å². The van der Waals surface area contributed by atoms with Crippen molar-refractivity contribution >= 4 is 17.3 Å². The van der Waals surface area contributed by atoms with Crippen molar-refractivity contribution in [2.45, 2.75) is 33.1 Å². The number of hydrogen-bond donors (Lipinski definition) is 2. The van der Waals surface area contributed by atoms with E-state index in [0.717, 1.165) is 10.1 Å². The van der Waals surface area contributed by atoms with E-state index in [2.05, 4.69) is 10.2 Å². The van der Waals surface area contributed by atoms with Gasteiger partial charge in [-0.05, 0) is 26.0 Å². The Kier molecular flexibility index (Phi) is 4.75. The third kappa shape index (κ3) is 3.30. The molecule has 9 heteroatoms. The lowest BCUT2D eigenvalue weighted by Gasteiger charge is -2.14. The fourth-order valence-corrected chi connectivity index (χ4v) is 2.76. The summed E-state index contributed by atoms with van der Waals surface area (Å²) < 4.78 is 5.80. The zero-order chi connectivity index (χ0) is 19.7. The number of rotatable bonds is 4. The highest BCUT2D eigenvalue weighted by atomic mass is 16.5. The molecule has 0 saturated carbocycles. The second-order valence-corrected chi connectivity index (χ2v) is 6.17. The van der Waals surface area contributed by atoms with Crippen molar-refractivity contribution in [1.82, 2.24) is 4.57 Å². The standard InChI is InChI=1S/C18H16N4O5/c1-9(23)7-22-16(24)14(6-19)10(2)15(17(22)25)21-20-12-4-3-11-8-27-18(26)13(11)5-12/h3-5,9,23-24H,7-8H2,1-2H3. The summed E-state index contributed by atoms with van der Waals surface area (Å²) >= 11 is 0. The fraction of sp³-hybridized carbons (Fsp3) is 0.278. The fourth-order valence-electron chi connectivity index (χ4n) is 2.76. The summed E-state index contributed by atoms with van der Waals surface area (Å²) in [5.41, 5.74) is 0.694. The van der Waals surface area contributed by atoms with Gasteiger partial charge in [-0.3, -0.25) is 9.36 Å². The monoisotopic (exact) mass is 368 g/mol. The number of aliphatic hydroxyl groups is 1. The summed E-state index contributed by atoms with van der Waals surface area (Å²) in [5, 5.41) is 36.9. The largest absolute Gasteiger partial charge is 0.493 e. The summed E-state index contributed by atoms with van der Waals surface area (Å²) in [4.78, 5) is 24.3. The highest BCUT2D eigenvalue weighted by molar-refractivity contribution is 5.94. The van der Waals surface area contributed by atoms with Crippen LogP contribution in [0.15, 0.2) is 33.2 Å². The molecule has 0 aliphatic carbocycles. The molecule has 0 amide bonds. The van der Waals surface area contributed by atoms with Gasteiger partial charge >= 0.3 is 5.97 Å². The molecule has 1 atom stereocenters. The van der Waals surface area contributed by atoms with Crippen LogP contribution in [0.2, 0.25) is 0 Å². The molecule has 1 aromatic carbocycles. The topological polar surface area (TPSA) is 137 Å². The van der Waals surface area contributed by atoms with Gasteiger partial charge in [0, 0.05) is 11.1 Å². The van der Waals surface area contributed by atoms with Crippen molar-refractivity contribution in [3.63, 3.8) is 0 Å². The Morgan fingerprint density at radius 3 is 2.78 bits per heavy atom. The first-order chi connectivity index (χ1) is 12.8. The van der Waals surface area contributed by atoms with Gasteiger partial charge in [-0.1, -0.05) is 6.07 Å². The Morgan fingerprint density at radius 1 is 1.37 bits per heavy atom. The van der Waals surface area contributed by atoms with Gasteiger partial charge in [0.25, 0.3) is 5.56 Å². The number of aliphatic hydroxyl groups excluding tert-OH is 1. The van der Waals surface area contributed by atoms with Crippen LogP contribution in [0.1, 0.15) is 34.0 Å². The Bertz CT molecular complexity index is 1060. The van der Waals surface area contributed by atoms with Crippen LogP contribution in [0.4, 0.5) is 11.4 Å². The second-order valence-electron chi connectivity index (χ2n) is 6.17. The van der Waals surface area contributed by atoms with Gasteiger partial charge < -0.3 is 14.9 Å². The van der Waals surface area contributed by atoms with Crippen molar-refractivity contribution in [2.24, 2.45) is 10.2 Å². The lowest BCUT2D eigenvalue weighted by molar-refractivity contribution is 0.0535. The van der Waals surface area contributed by atoms with Crippen LogP contribution in [0, 0.1) is 18.3 Å². The highest BCUT2D eigenvalue weighted by Crippen LogP contribution is 2.29. The van der Waals surface area contributed by atoms with E-state index < -0.39 is 23.5 Å². The number of hydrogen-bond acceptors (Lipinski definition) is 8. The minimum atomic E-state index is -0.921. The number of azo groups is 1. The third-order valence-corrected chi connectivity index (χ3v) is 4.15. The number of carbonyl (C=O) groups excluding carboxylic acids is 1. The zero-order valence-corrected chi connectivity index (χ0v) is 14.6. The molecule has 1 aromatic heterocycles. The van der Waals surface area contributed by atoms with Crippen molar-refractivity contribution in [2.75, 3.05) is 0 Å². The molecule has 138 valence electrons. The first kappa shape index (κ1) is 18.3. The Labute approximate surface area is 153 Å². The number of fused-ring (bicyclic) bond motifs is 1. The van der Waals surface area contributed by atoms with Gasteiger partial charge in [-0.25, -0.2) is 4.79 Å². The van der Waals surface area contributed by atoms with Crippen LogP contribution in [0.3, 0.4) is 0 Å². The van der Waals surface area contributed by atoms with Gasteiger partial charge in [-0.15, -0.1) is 5.11 Å². The van der Waals surface area contributed by atoms with Crippen molar-refractivity contribution in [3.8, 4) is 11.9 Å². The minimum absolute atomic E-state index is 0.123. The number of pyridine rings is 1. The summed E-state index contributed by atoms with van der Waals surface area (Å²) in [5.74, 6) is -0.978. The van der Waals surface area contributed by atoms with Gasteiger partial charge in [0.1, 0.15) is 18.2 Å². The van der Waals surface area contributed by atoms with E-state index in [-0.39, 0.29) is 30.0 Å². The Balaban J connectivity index is 2.08. The van der Waals surface area contributed by atoms with Gasteiger partial charge in [0.2, 0.25) is 5.88 Å². The normalized spacial score (nSPS) is 14.1. The average molecular weight is 368 g/mol. The lowest BCUT2D eigenvalue weighted by Crippen LogP contribution is -2.26. The van der Waals surface area contributed by atoms with E-state index in [1.165, 1.54) is 19.9 Å². The quantitative estimate of drug-likeness (QED) is 0.627. The average Bonchev–Trinajstić information content (AvgIpc) is 2.99. The SMILES string of the molecule is Cc1c(C#N)c(O)n(CC(C)O)c(=O)c1N=Nc1ccc2c(c1)C(=O)OC2. The molecule has 3 rings (SSSR count). The van der Waals surface area contributed by atoms with Crippen LogP contribution in [0.5, 0.6) is 5.88 Å². The van der Waals surface area contributed by atoms with Crippen LogP contribution >= 0.6 is 0 Å². The van der Waals surface area contributed by atoms with E-state index in [1.807, 2.05) is 6.07 Å². The molecule has 0 fully saturated rings. The number of carbonyl (C=O) groups is 1. The molecule has 0 radical (unpaired) electrons. The molecule has 0 saturated heterocycles. The molecule has 2 heterocycles. The predicted molar refractivity (Wildman–Crippen MR) is 93.2 cm³/mol. The number of nitrogens with zero attached hydrogens (tertiary/aromatic N) is 4. The minimum Gasteiger partial charge on any atom is -0.493 e. The molecule has 2 aromatic rings. The molecule has 2 N–H and O–H groups in total. The van der Waals surface area contributed by atoms with Gasteiger partial charge in [-0.2, -0.15) is 10.4 Å². The maximum Gasteiger partial charge on any atom is 0.338 e. The summed E-state index contributed by atoms with van der Waals surface area (Å²) in [6.45, 7) is 2.93. The maximum atomic E-state index is 12.6. The number of cyclic esters (lactones) is 1. The smallest absolute Gasteiger partial charge is 0.338 e. The first-order valence-corrected chi connectivity index (χ1v) is 8.09. The maximum absolute atomic E-state index is 12.6. The van der Waals surface area contributed by atoms with Crippen LogP contribution in [0.25, 0.3) is 0 Å². The zero-order valence-electron chi connectivity index (χ0n) is 14.6. The molecule has 27 heavy (non-hydrogen) atoms. The van der Waals surface area contributed by atoms with Gasteiger partial charge in [0.15, 0.2) is 5.69 Å². The van der Waals surface area contributed by atoms with E-state index in [4.69, 9.17) is 4.74 Å². The molecule has 9 nitrogen and oxygen atoms in total. The van der Waals surface area contributed by atoms with Crippen molar-refractivity contribution in [1.29, 1.82) is 5.26 Å². The second kappa shape index (κ2) is 7.01. The summed E-state index contributed by atoms with van der Waals surface area (Å²) in [7, 11) is 0. The number of esters is 1. The molecule has 0 spiro atoms. The Morgan fingerprint density at radius 2 is 2.11 bits per heavy atom. The van der Waals surface area contributed by atoms with E-state index in [9.17, 15) is 25.1 Å². The van der Waals surface area contributed by atoms with E-state index in [1.54, 1.807) is 12.1 Å². The van der Waals surface area contributed by atoms with Crippen molar-refractivity contribution < 1.29 is 19.7 Å². The summed E-state index contributed by atoms with van der Waals surface area (Å²) in [6, 6.07) is 6.64. The Hall–Kier alpha value is -3.51. The number of benzene rings is 1.